The van der Waals surface area contributed by atoms with Gasteiger partial charge in [0.15, 0.2) is 0 Å². The van der Waals surface area contributed by atoms with Gasteiger partial charge in [-0.3, -0.25) is 10.1 Å². The van der Waals surface area contributed by atoms with Crippen LogP contribution >= 0.6 is 0 Å². The molecule has 0 bridgehead atoms. The van der Waals surface area contributed by atoms with Gasteiger partial charge in [0.2, 0.25) is 5.82 Å². The number of unbranched alkanes of at least 4 members (excludes halogenated alkanes) is 1. The van der Waals surface area contributed by atoms with Gasteiger partial charge >= 0.3 is 5.69 Å². The first-order chi connectivity index (χ1) is 10.1. The first kappa shape index (κ1) is 15.5. The summed E-state index contributed by atoms with van der Waals surface area (Å²) in [6.45, 7) is 2.43. The van der Waals surface area contributed by atoms with E-state index in [-0.39, 0.29) is 23.3 Å². The third-order valence-electron chi connectivity index (χ3n) is 3.79. The molecule has 1 aliphatic carbocycles. The van der Waals surface area contributed by atoms with E-state index in [0.29, 0.717) is 12.4 Å². The van der Waals surface area contributed by atoms with Crippen molar-refractivity contribution in [2.75, 3.05) is 12.3 Å². The summed E-state index contributed by atoms with van der Waals surface area (Å²) in [5.74, 6) is 0.739. The van der Waals surface area contributed by atoms with Crippen LogP contribution in [0.2, 0.25) is 0 Å². The maximum atomic E-state index is 11.1. The number of rotatable bonds is 6. The molecule has 1 heterocycles. The largest absolute Gasteiger partial charge is 0.473 e. The van der Waals surface area contributed by atoms with Gasteiger partial charge in [0, 0.05) is 5.92 Å². The second-order valence-corrected chi connectivity index (χ2v) is 5.41. The van der Waals surface area contributed by atoms with Crippen molar-refractivity contribution >= 4 is 11.5 Å². The minimum atomic E-state index is -0.568. The highest BCUT2D eigenvalue weighted by Gasteiger charge is 2.27. The van der Waals surface area contributed by atoms with E-state index in [2.05, 4.69) is 9.97 Å². The molecule has 1 aliphatic rings. The maximum Gasteiger partial charge on any atom is 0.372 e. The van der Waals surface area contributed by atoms with Crippen LogP contribution in [0.1, 0.15) is 63.6 Å². The van der Waals surface area contributed by atoms with Crippen LogP contribution < -0.4 is 10.5 Å². The molecule has 1 fully saturated rings. The summed E-state index contributed by atoms with van der Waals surface area (Å²) in [6, 6.07) is 0. The zero-order valence-corrected chi connectivity index (χ0v) is 12.4. The van der Waals surface area contributed by atoms with E-state index in [9.17, 15) is 10.1 Å². The molecule has 21 heavy (non-hydrogen) atoms. The van der Waals surface area contributed by atoms with Crippen molar-refractivity contribution < 1.29 is 9.66 Å². The van der Waals surface area contributed by atoms with Crippen molar-refractivity contribution in [1.82, 2.24) is 9.97 Å². The van der Waals surface area contributed by atoms with Crippen LogP contribution in [0.25, 0.3) is 0 Å². The Bertz CT molecular complexity index is 501. The van der Waals surface area contributed by atoms with Gasteiger partial charge in [-0.25, -0.2) is 4.98 Å². The predicted molar refractivity (Wildman–Crippen MR) is 79.3 cm³/mol. The molecule has 2 rings (SSSR count). The molecule has 0 radical (unpaired) electrons. The zero-order chi connectivity index (χ0) is 15.2. The SMILES string of the molecule is CCCCOc1nc(C2CCCCC2)nc(N)c1[N+](=O)[O-]. The molecule has 116 valence electrons. The lowest BCUT2D eigenvalue weighted by molar-refractivity contribution is -0.385. The maximum absolute atomic E-state index is 11.1. The van der Waals surface area contributed by atoms with Gasteiger partial charge < -0.3 is 10.5 Å². The van der Waals surface area contributed by atoms with E-state index in [1.54, 1.807) is 0 Å². The van der Waals surface area contributed by atoms with Gasteiger partial charge in [-0.2, -0.15) is 4.98 Å². The summed E-state index contributed by atoms with van der Waals surface area (Å²) < 4.78 is 5.48. The minimum Gasteiger partial charge on any atom is -0.473 e. The van der Waals surface area contributed by atoms with E-state index in [0.717, 1.165) is 38.5 Å². The average Bonchev–Trinajstić information content (AvgIpc) is 2.47. The smallest absolute Gasteiger partial charge is 0.372 e. The second kappa shape index (κ2) is 7.19. The number of hydrogen-bond donors (Lipinski definition) is 1. The van der Waals surface area contributed by atoms with Crippen molar-refractivity contribution in [3.63, 3.8) is 0 Å². The highest BCUT2D eigenvalue weighted by Crippen LogP contribution is 2.36. The van der Waals surface area contributed by atoms with Crippen LogP contribution in [0, 0.1) is 10.1 Å². The Balaban J connectivity index is 2.28. The monoisotopic (exact) mass is 294 g/mol. The lowest BCUT2D eigenvalue weighted by atomic mass is 9.89. The van der Waals surface area contributed by atoms with Crippen molar-refractivity contribution in [2.24, 2.45) is 0 Å². The summed E-state index contributed by atoms with van der Waals surface area (Å²) in [6.07, 6.45) is 7.27. The Labute approximate surface area is 124 Å². The lowest BCUT2D eigenvalue weighted by Crippen LogP contribution is -2.14. The quantitative estimate of drug-likeness (QED) is 0.491. The summed E-state index contributed by atoms with van der Waals surface area (Å²) >= 11 is 0. The number of nitrogen functional groups attached to an aromatic ring is 1. The molecule has 1 aromatic heterocycles. The van der Waals surface area contributed by atoms with Crippen molar-refractivity contribution in [1.29, 1.82) is 0 Å². The lowest BCUT2D eigenvalue weighted by Gasteiger charge is -2.20. The average molecular weight is 294 g/mol. The van der Waals surface area contributed by atoms with Gasteiger partial charge in [0.25, 0.3) is 5.88 Å². The Morgan fingerprint density at radius 1 is 1.33 bits per heavy atom. The predicted octanol–water partition coefficient (Wildman–Crippen LogP) is 3.19. The van der Waals surface area contributed by atoms with Crippen LogP contribution in [0.3, 0.4) is 0 Å². The molecule has 0 aromatic carbocycles. The number of nitrogens with zero attached hydrogens (tertiary/aromatic N) is 3. The Hall–Kier alpha value is -1.92. The van der Waals surface area contributed by atoms with E-state index in [4.69, 9.17) is 10.5 Å². The molecule has 0 spiro atoms. The molecule has 0 atom stereocenters. The first-order valence-electron chi connectivity index (χ1n) is 7.58. The third kappa shape index (κ3) is 3.80. The molecule has 7 heteroatoms. The molecular formula is C14H22N4O3. The molecule has 1 saturated carbocycles. The van der Waals surface area contributed by atoms with Gasteiger partial charge in [0.05, 0.1) is 11.5 Å². The molecule has 7 nitrogen and oxygen atoms in total. The minimum absolute atomic E-state index is 0.0153. The fraction of sp³-hybridized carbons (Fsp3) is 0.714. The fourth-order valence-electron chi connectivity index (χ4n) is 2.60. The van der Waals surface area contributed by atoms with E-state index < -0.39 is 4.92 Å². The van der Waals surface area contributed by atoms with Gasteiger partial charge in [-0.05, 0) is 19.3 Å². The Morgan fingerprint density at radius 2 is 2.05 bits per heavy atom. The standard InChI is InChI=1S/C14H22N4O3/c1-2-3-9-21-14-11(18(19)20)12(15)16-13(17-14)10-7-5-4-6-8-10/h10H,2-9H2,1H3,(H2,15,16,17). The Kier molecular flexibility index (Phi) is 5.30. The molecular weight excluding hydrogens is 272 g/mol. The number of nitro groups is 1. The summed E-state index contributed by atoms with van der Waals surface area (Å²) in [5.41, 5.74) is 5.45. The number of ether oxygens (including phenoxy) is 1. The van der Waals surface area contributed by atoms with E-state index in [1.165, 1.54) is 6.42 Å². The van der Waals surface area contributed by atoms with Crippen LogP contribution in [-0.2, 0) is 0 Å². The summed E-state index contributed by atoms with van der Waals surface area (Å²) in [7, 11) is 0. The van der Waals surface area contributed by atoms with Gasteiger partial charge in [-0.1, -0.05) is 32.6 Å². The number of anilines is 1. The summed E-state index contributed by atoms with van der Waals surface area (Å²) in [5, 5.41) is 11.1. The highest BCUT2D eigenvalue weighted by molar-refractivity contribution is 5.58. The van der Waals surface area contributed by atoms with Crippen LogP contribution in [0.4, 0.5) is 11.5 Å². The van der Waals surface area contributed by atoms with Crippen LogP contribution in [-0.4, -0.2) is 21.5 Å². The van der Waals surface area contributed by atoms with Gasteiger partial charge in [0.1, 0.15) is 5.82 Å². The van der Waals surface area contributed by atoms with E-state index in [1.807, 2.05) is 6.92 Å². The third-order valence-corrected chi connectivity index (χ3v) is 3.79. The van der Waals surface area contributed by atoms with Gasteiger partial charge in [-0.15, -0.1) is 0 Å². The van der Waals surface area contributed by atoms with Crippen molar-refractivity contribution in [2.45, 2.75) is 57.8 Å². The van der Waals surface area contributed by atoms with Crippen molar-refractivity contribution in [3.8, 4) is 5.88 Å². The fourth-order valence-corrected chi connectivity index (χ4v) is 2.60. The molecule has 1 aromatic rings. The first-order valence-corrected chi connectivity index (χ1v) is 7.58. The highest BCUT2D eigenvalue weighted by atomic mass is 16.6. The van der Waals surface area contributed by atoms with Crippen LogP contribution in [0.5, 0.6) is 5.88 Å². The molecule has 2 N–H and O–H groups in total. The topological polar surface area (TPSA) is 104 Å². The summed E-state index contributed by atoms with van der Waals surface area (Å²) in [4.78, 5) is 19.0. The zero-order valence-electron chi connectivity index (χ0n) is 12.4. The van der Waals surface area contributed by atoms with Crippen molar-refractivity contribution in [3.05, 3.63) is 15.9 Å². The number of nitrogens with two attached hydrogens (primary N) is 1. The number of aromatic nitrogens is 2. The van der Waals surface area contributed by atoms with Crippen LogP contribution in [0.15, 0.2) is 0 Å². The van der Waals surface area contributed by atoms with E-state index >= 15 is 0 Å². The molecule has 0 saturated heterocycles. The molecule has 0 amide bonds. The Morgan fingerprint density at radius 3 is 2.67 bits per heavy atom. The molecule has 0 aliphatic heterocycles. The molecule has 0 unspecified atom stereocenters. The number of hydrogen-bond acceptors (Lipinski definition) is 6. The second-order valence-electron chi connectivity index (χ2n) is 5.41. The normalized spacial score (nSPS) is 15.9.